The van der Waals surface area contributed by atoms with E-state index in [2.05, 4.69) is 21.7 Å². The molecular formula is C15H25N3O4S2. The van der Waals surface area contributed by atoms with E-state index >= 15 is 0 Å². The number of hydrogen-bond acceptors (Lipinski definition) is 5. The molecular weight excluding hydrogens is 350 g/mol. The molecule has 1 aliphatic rings. The molecule has 1 fully saturated rings. The summed E-state index contributed by atoms with van der Waals surface area (Å²) in [7, 11) is -7.20. The van der Waals surface area contributed by atoms with Gasteiger partial charge in [0.2, 0.25) is 20.0 Å². The predicted molar refractivity (Wildman–Crippen MR) is 93.6 cm³/mol. The summed E-state index contributed by atoms with van der Waals surface area (Å²) in [4.78, 5) is 0.123. The van der Waals surface area contributed by atoms with Crippen molar-refractivity contribution in [3.63, 3.8) is 0 Å². The van der Waals surface area contributed by atoms with Crippen molar-refractivity contribution >= 4 is 20.0 Å². The molecule has 2 rings (SSSR count). The van der Waals surface area contributed by atoms with E-state index in [1.165, 1.54) is 12.1 Å². The monoisotopic (exact) mass is 375 g/mol. The van der Waals surface area contributed by atoms with Crippen LogP contribution in [0.3, 0.4) is 0 Å². The Kier molecular flexibility index (Phi) is 6.38. The zero-order valence-corrected chi connectivity index (χ0v) is 15.4. The van der Waals surface area contributed by atoms with E-state index in [9.17, 15) is 16.8 Å². The lowest BCUT2D eigenvalue weighted by Crippen LogP contribution is -2.44. The fraction of sp³-hybridized carbons (Fsp3) is 0.600. The van der Waals surface area contributed by atoms with Crippen LogP contribution in [0.5, 0.6) is 0 Å². The number of benzene rings is 1. The standard InChI is InChI=1S/C15H25N3O4S2/c1-15(7-9-16-10-8-15)13-18-23(19,20)12-11-17-24(21,22)14-5-3-2-4-6-14/h2-6,16-18H,7-13H2,1H3. The van der Waals surface area contributed by atoms with Gasteiger partial charge in [0, 0.05) is 13.1 Å². The van der Waals surface area contributed by atoms with Gasteiger partial charge in [0.05, 0.1) is 10.6 Å². The Morgan fingerprint density at radius 1 is 1.04 bits per heavy atom. The largest absolute Gasteiger partial charge is 0.317 e. The lowest BCUT2D eigenvalue weighted by Gasteiger charge is -2.34. The number of nitrogens with one attached hydrogen (secondary N) is 3. The highest BCUT2D eigenvalue weighted by molar-refractivity contribution is 7.90. The maximum absolute atomic E-state index is 12.1. The third kappa shape index (κ3) is 5.82. The first-order valence-corrected chi connectivity index (χ1v) is 11.1. The van der Waals surface area contributed by atoms with Crippen LogP contribution in [0.15, 0.2) is 35.2 Å². The minimum Gasteiger partial charge on any atom is -0.317 e. The first-order chi connectivity index (χ1) is 11.2. The van der Waals surface area contributed by atoms with Crippen LogP contribution in [0.2, 0.25) is 0 Å². The first-order valence-electron chi connectivity index (χ1n) is 7.95. The Bertz CT molecular complexity index is 727. The molecule has 0 bridgehead atoms. The van der Waals surface area contributed by atoms with Gasteiger partial charge in [-0.15, -0.1) is 0 Å². The summed E-state index contributed by atoms with van der Waals surface area (Å²) >= 11 is 0. The molecule has 0 radical (unpaired) electrons. The van der Waals surface area contributed by atoms with E-state index in [0.717, 1.165) is 25.9 Å². The maximum atomic E-state index is 12.1. The van der Waals surface area contributed by atoms with Crippen molar-refractivity contribution < 1.29 is 16.8 Å². The van der Waals surface area contributed by atoms with Crippen LogP contribution in [0.25, 0.3) is 0 Å². The van der Waals surface area contributed by atoms with Crippen LogP contribution >= 0.6 is 0 Å². The van der Waals surface area contributed by atoms with Gasteiger partial charge in [0.1, 0.15) is 0 Å². The summed E-state index contributed by atoms with van der Waals surface area (Å²) in [6.07, 6.45) is 1.83. The number of sulfonamides is 2. The topological polar surface area (TPSA) is 104 Å². The minimum atomic E-state index is -3.68. The fourth-order valence-corrected chi connectivity index (χ4v) is 4.82. The second-order valence-electron chi connectivity index (χ2n) is 6.41. The molecule has 1 aromatic rings. The van der Waals surface area contributed by atoms with E-state index in [4.69, 9.17) is 0 Å². The molecule has 0 saturated carbocycles. The zero-order chi connectivity index (χ0) is 17.7. The van der Waals surface area contributed by atoms with Crippen molar-refractivity contribution in [2.45, 2.75) is 24.7 Å². The van der Waals surface area contributed by atoms with E-state index < -0.39 is 20.0 Å². The van der Waals surface area contributed by atoms with E-state index in [1.54, 1.807) is 18.2 Å². The van der Waals surface area contributed by atoms with Crippen LogP contribution < -0.4 is 14.8 Å². The quantitative estimate of drug-likeness (QED) is 0.605. The Hall–Kier alpha value is -1.00. The highest BCUT2D eigenvalue weighted by atomic mass is 32.2. The first kappa shape index (κ1) is 19.3. The van der Waals surface area contributed by atoms with E-state index in [0.29, 0.717) is 6.54 Å². The highest BCUT2D eigenvalue weighted by Crippen LogP contribution is 2.26. The number of rotatable bonds is 8. The lowest BCUT2D eigenvalue weighted by molar-refractivity contribution is 0.232. The van der Waals surface area contributed by atoms with Gasteiger partial charge >= 0.3 is 0 Å². The van der Waals surface area contributed by atoms with Crippen molar-refractivity contribution in [3.05, 3.63) is 30.3 Å². The second kappa shape index (κ2) is 7.92. The van der Waals surface area contributed by atoms with Gasteiger partial charge in [-0.2, -0.15) is 0 Å². The van der Waals surface area contributed by atoms with Gasteiger partial charge in [-0.3, -0.25) is 0 Å². The molecule has 1 aliphatic heterocycles. The van der Waals surface area contributed by atoms with Crippen LogP contribution in [0, 0.1) is 5.41 Å². The van der Waals surface area contributed by atoms with Crippen LogP contribution in [-0.2, 0) is 20.0 Å². The molecule has 0 unspecified atom stereocenters. The van der Waals surface area contributed by atoms with Gasteiger partial charge in [-0.1, -0.05) is 25.1 Å². The Morgan fingerprint density at radius 3 is 2.29 bits per heavy atom. The molecule has 9 heteroatoms. The Morgan fingerprint density at radius 2 is 1.67 bits per heavy atom. The lowest BCUT2D eigenvalue weighted by atomic mass is 9.81. The van der Waals surface area contributed by atoms with Crippen LogP contribution in [0.4, 0.5) is 0 Å². The molecule has 7 nitrogen and oxygen atoms in total. The average molecular weight is 376 g/mol. The molecule has 0 amide bonds. The summed E-state index contributed by atoms with van der Waals surface area (Å²) in [5, 5.41) is 3.25. The average Bonchev–Trinajstić information content (AvgIpc) is 2.54. The third-order valence-corrected chi connectivity index (χ3v) is 7.05. The van der Waals surface area contributed by atoms with E-state index in [1.807, 2.05) is 0 Å². The van der Waals surface area contributed by atoms with Gasteiger partial charge in [-0.25, -0.2) is 26.3 Å². The highest BCUT2D eigenvalue weighted by Gasteiger charge is 2.28. The molecule has 136 valence electrons. The summed E-state index contributed by atoms with van der Waals surface area (Å²) in [6, 6.07) is 7.88. The minimum absolute atomic E-state index is 0.0537. The van der Waals surface area contributed by atoms with E-state index in [-0.39, 0.29) is 22.6 Å². The molecule has 1 heterocycles. The molecule has 0 atom stereocenters. The fourth-order valence-electron chi connectivity index (χ4n) is 2.56. The molecule has 24 heavy (non-hydrogen) atoms. The number of piperidine rings is 1. The summed E-state index contributed by atoms with van der Waals surface area (Å²) in [5.41, 5.74) is -0.0537. The second-order valence-corrected chi connectivity index (χ2v) is 10.1. The number of hydrogen-bond donors (Lipinski definition) is 3. The summed E-state index contributed by atoms with van der Waals surface area (Å²) < 4.78 is 53.2. The van der Waals surface area contributed by atoms with Crippen molar-refractivity contribution in [3.8, 4) is 0 Å². The molecule has 0 aromatic heterocycles. The van der Waals surface area contributed by atoms with Gasteiger partial charge in [0.15, 0.2) is 0 Å². The van der Waals surface area contributed by atoms with Crippen molar-refractivity contribution in [2.75, 3.05) is 31.9 Å². The summed E-state index contributed by atoms with van der Waals surface area (Å²) in [5.74, 6) is -0.284. The molecule has 0 aliphatic carbocycles. The van der Waals surface area contributed by atoms with Gasteiger partial charge in [0.25, 0.3) is 0 Å². The Labute approximate surface area is 144 Å². The summed E-state index contributed by atoms with van der Waals surface area (Å²) in [6.45, 7) is 4.05. The van der Waals surface area contributed by atoms with Gasteiger partial charge < -0.3 is 5.32 Å². The molecule has 1 aromatic carbocycles. The SMILES string of the molecule is CC1(CNS(=O)(=O)CCNS(=O)(=O)c2ccccc2)CCNCC1. The zero-order valence-electron chi connectivity index (χ0n) is 13.8. The van der Waals surface area contributed by atoms with Crippen molar-refractivity contribution in [1.29, 1.82) is 0 Å². The van der Waals surface area contributed by atoms with Crippen molar-refractivity contribution in [2.24, 2.45) is 5.41 Å². The normalized spacial score (nSPS) is 18.4. The molecule has 1 saturated heterocycles. The van der Waals surface area contributed by atoms with Crippen LogP contribution in [0.1, 0.15) is 19.8 Å². The molecule has 0 spiro atoms. The smallest absolute Gasteiger partial charge is 0.240 e. The molecule has 3 N–H and O–H groups in total. The van der Waals surface area contributed by atoms with Crippen molar-refractivity contribution in [1.82, 2.24) is 14.8 Å². The van der Waals surface area contributed by atoms with Crippen LogP contribution in [-0.4, -0.2) is 48.8 Å². The third-order valence-electron chi connectivity index (χ3n) is 4.25. The maximum Gasteiger partial charge on any atom is 0.240 e. The Balaban J connectivity index is 1.82. The van der Waals surface area contributed by atoms with Gasteiger partial charge in [-0.05, 0) is 43.5 Å². The predicted octanol–water partition coefficient (Wildman–Crippen LogP) is 0.274.